The van der Waals surface area contributed by atoms with Gasteiger partial charge in [0.1, 0.15) is 18.2 Å². The van der Waals surface area contributed by atoms with Gasteiger partial charge in [0.15, 0.2) is 11.5 Å². The summed E-state index contributed by atoms with van der Waals surface area (Å²) in [6.45, 7) is 4.26. The van der Waals surface area contributed by atoms with E-state index in [-0.39, 0.29) is 24.7 Å². The van der Waals surface area contributed by atoms with Crippen molar-refractivity contribution in [2.75, 3.05) is 13.7 Å². The Hall–Kier alpha value is -3.22. The van der Waals surface area contributed by atoms with Crippen molar-refractivity contribution in [2.45, 2.75) is 26.9 Å². The number of nitrogens with zero attached hydrogens (tertiary/aromatic N) is 2. The molecule has 28 heavy (non-hydrogen) atoms. The van der Waals surface area contributed by atoms with Crippen LogP contribution in [0.25, 0.3) is 11.0 Å². The summed E-state index contributed by atoms with van der Waals surface area (Å²) in [4.78, 5) is 16.4. The number of benzene rings is 2. The molecule has 7 heteroatoms. The fraction of sp³-hybridized carbons (Fsp3) is 0.333. The zero-order valence-electron chi connectivity index (χ0n) is 16.5. The molecule has 1 heterocycles. The third-order valence-electron chi connectivity index (χ3n) is 4.28. The topological polar surface area (TPSA) is 71.8 Å². The Bertz CT molecular complexity index is 980. The Balaban J connectivity index is 1.88. The first-order chi connectivity index (χ1) is 13.6. The third kappa shape index (κ3) is 4.03. The van der Waals surface area contributed by atoms with Crippen LogP contribution < -0.4 is 18.9 Å². The van der Waals surface area contributed by atoms with Crippen molar-refractivity contribution in [1.29, 1.82) is 0 Å². The molecule has 0 saturated carbocycles. The molecule has 148 valence electrons. The largest absolute Gasteiger partial charge is 0.497 e. The van der Waals surface area contributed by atoms with E-state index in [0.29, 0.717) is 18.1 Å². The molecule has 3 aromatic rings. The van der Waals surface area contributed by atoms with Crippen molar-refractivity contribution in [1.82, 2.24) is 9.55 Å². The zero-order chi connectivity index (χ0) is 20.1. The molecule has 0 atom stereocenters. The van der Waals surface area contributed by atoms with Gasteiger partial charge >= 0.3 is 5.97 Å². The first-order valence-electron chi connectivity index (χ1n) is 9.16. The molecule has 2 aromatic carbocycles. The van der Waals surface area contributed by atoms with E-state index in [4.69, 9.17) is 18.9 Å². The lowest BCUT2D eigenvalue weighted by atomic mass is 10.3. The first-order valence-corrected chi connectivity index (χ1v) is 9.16. The number of hydrogen-bond donors (Lipinski definition) is 0. The van der Waals surface area contributed by atoms with Gasteiger partial charge in [-0.2, -0.15) is 0 Å². The highest BCUT2D eigenvalue weighted by Crippen LogP contribution is 2.38. The summed E-state index contributed by atoms with van der Waals surface area (Å²) in [6, 6.07) is 11.0. The fourth-order valence-electron chi connectivity index (χ4n) is 2.78. The number of aryl methyl sites for hydroxylation is 1. The van der Waals surface area contributed by atoms with Crippen LogP contribution in [0.4, 0.5) is 0 Å². The number of para-hydroxylation sites is 1. The molecule has 0 aliphatic carbocycles. The number of imidazole rings is 1. The van der Waals surface area contributed by atoms with E-state index in [1.165, 1.54) is 0 Å². The van der Waals surface area contributed by atoms with Gasteiger partial charge in [-0.15, -0.1) is 0 Å². The number of rotatable bonds is 8. The number of methoxy groups -OCH3 is 1. The van der Waals surface area contributed by atoms with Crippen LogP contribution in [-0.4, -0.2) is 29.2 Å². The minimum absolute atomic E-state index is 0.208. The molecule has 0 N–H and O–H groups in total. The number of aromatic nitrogens is 2. The van der Waals surface area contributed by atoms with Crippen molar-refractivity contribution in [3.63, 3.8) is 0 Å². The number of fused-ring (bicyclic) bond motifs is 1. The molecular weight excluding hydrogens is 360 g/mol. The summed E-state index contributed by atoms with van der Waals surface area (Å²) in [5, 5.41) is 0. The van der Waals surface area contributed by atoms with Crippen LogP contribution in [0.15, 0.2) is 36.4 Å². The molecule has 7 nitrogen and oxygen atoms in total. The molecule has 0 radical (unpaired) electrons. The van der Waals surface area contributed by atoms with Crippen molar-refractivity contribution in [3.8, 4) is 23.0 Å². The summed E-state index contributed by atoms with van der Waals surface area (Å²) in [7, 11) is 3.55. The van der Waals surface area contributed by atoms with Crippen molar-refractivity contribution in [3.05, 3.63) is 42.2 Å². The first kappa shape index (κ1) is 19.5. The second-order valence-electron chi connectivity index (χ2n) is 6.07. The van der Waals surface area contributed by atoms with E-state index in [0.717, 1.165) is 22.6 Å². The Morgan fingerprint density at radius 3 is 2.54 bits per heavy atom. The van der Waals surface area contributed by atoms with Crippen molar-refractivity contribution >= 4 is 17.0 Å². The van der Waals surface area contributed by atoms with Crippen LogP contribution in [0.2, 0.25) is 0 Å². The van der Waals surface area contributed by atoms with Crippen LogP contribution >= 0.6 is 0 Å². The van der Waals surface area contributed by atoms with Gasteiger partial charge in [0.2, 0.25) is 5.75 Å². The van der Waals surface area contributed by atoms with E-state index in [1.807, 2.05) is 36.7 Å². The lowest BCUT2D eigenvalue weighted by molar-refractivity contribution is -0.134. The van der Waals surface area contributed by atoms with E-state index < -0.39 is 0 Å². The number of hydrogen-bond acceptors (Lipinski definition) is 6. The van der Waals surface area contributed by atoms with Gasteiger partial charge in [0.25, 0.3) is 0 Å². The van der Waals surface area contributed by atoms with Gasteiger partial charge in [-0.1, -0.05) is 13.0 Å². The number of carbonyl (C=O) groups excluding carboxylic acids is 1. The van der Waals surface area contributed by atoms with Gasteiger partial charge in [-0.05, 0) is 31.2 Å². The molecule has 0 bridgehead atoms. The molecule has 1 aromatic heterocycles. The summed E-state index contributed by atoms with van der Waals surface area (Å²) in [5.74, 6) is 2.33. The second-order valence-corrected chi connectivity index (χ2v) is 6.07. The predicted molar refractivity (Wildman–Crippen MR) is 105 cm³/mol. The predicted octanol–water partition coefficient (Wildman–Crippen LogP) is 3.88. The van der Waals surface area contributed by atoms with E-state index >= 15 is 0 Å². The quantitative estimate of drug-likeness (QED) is 0.434. The maximum absolute atomic E-state index is 11.8. The monoisotopic (exact) mass is 384 g/mol. The summed E-state index contributed by atoms with van der Waals surface area (Å²) in [6.07, 6.45) is 0.256. The average Bonchev–Trinajstić information content (AvgIpc) is 3.03. The van der Waals surface area contributed by atoms with E-state index in [1.54, 1.807) is 32.2 Å². The Kier molecular flexibility index (Phi) is 6.03. The van der Waals surface area contributed by atoms with Gasteiger partial charge in [-0.25, -0.2) is 4.98 Å². The van der Waals surface area contributed by atoms with Gasteiger partial charge in [0, 0.05) is 19.5 Å². The summed E-state index contributed by atoms with van der Waals surface area (Å²) >= 11 is 0. The fourth-order valence-corrected chi connectivity index (χ4v) is 2.78. The smallest absolute Gasteiger partial charge is 0.311 e. The van der Waals surface area contributed by atoms with E-state index in [9.17, 15) is 4.79 Å². The molecule has 0 spiro atoms. The standard InChI is InChI=1S/C21H24N2O5/c1-5-20(24)28-21-17(26-6-2)8-7-9-18(21)27-13-19-22-15-11-10-14(25-4)12-16(15)23(19)3/h7-12H,5-6,13H2,1-4H3. The van der Waals surface area contributed by atoms with E-state index in [2.05, 4.69) is 4.98 Å². The lowest BCUT2D eigenvalue weighted by Gasteiger charge is -2.15. The van der Waals surface area contributed by atoms with Crippen LogP contribution in [0.5, 0.6) is 23.0 Å². The molecule has 3 rings (SSSR count). The van der Waals surface area contributed by atoms with Crippen molar-refractivity contribution < 1.29 is 23.7 Å². The van der Waals surface area contributed by atoms with Gasteiger partial charge in [0.05, 0.1) is 24.8 Å². The molecule has 0 aliphatic rings. The van der Waals surface area contributed by atoms with Gasteiger partial charge < -0.3 is 23.5 Å². The zero-order valence-corrected chi connectivity index (χ0v) is 16.5. The second kappa shape index (κ2) is 8.65. The van der Waals surface area contributed by atoms with Crippen LogP contribution in [0, 0.1) is 0 Å². The molecule has 0 saturated heterocycles. The molecule has 0 unspecified atom stereocenters. The number of carbonyl (C=O) groups is 1. The van der Waals surface area contributed by atoms with Gasteiger partial charge in [-0.3, -0.25) is 4.79 Å². The highest BCUT2D eigenvalue weighted by molar-refractivity contribution is 5.77. The average molecular weight is 384 g/mol. The molecule has 0 aliphatic heterocycles. The van der Waals surface area contributed by atoms with Crippen LogP contribution in [-0.2, 0) is 18.4 Å². The highest BCUT2D eigenvalue weighted by Gasteiger charge is 2.17. The Morgan fingerprint density at radius 2 is 1.86 bits per heavy atom. The SMILES string of the molecule is CCOc1cccc(OCc2nc3ccc(OC)cc3n2C)c1OC(=O)CC. The Labute approximate surface area is 163 Å². The van der Waals surface area contributed by atoms with Crippen molar-refractivity contribution in [2.24, 2.45) is 7.05 Å². The molecule has 0 fully saturated rings. The normalized spacial score (nSPS) is 10.7. The maximum Gasteiger partial charge on any atom is 0.311 e. The minimum atomic E-state index is -0.355. The lowest BCUT2D eigenvalue weighted by Crippen LogP contribution is -2.10. The summed E-state index contributed by atoms with van der Waals surface area (Å²) in [5.41, 5.74) is 1.79. The number of esters is 1. The molecular formula is C21H24N2O5. The van der Waals surface area contributed by atoms with Crippen LogP contribution in [0.1, 0.15) is 26.1 Å². The number of ether oxygens (including phenoxy) is 4. The van der Waals surface area contributed by atoms with Crippen LogP contribution in [0.3, 0.4) is 0 Å². The molecule has 0 amide bonds. The minimum Gasteiger partial charge on any atom is -0.497 e. The maximum atomic E-state index is 11.8. The Morgan fingerprint density at radius 1 is 1.11 bits per heavy atom. The third-order valence-corrected chi connectivity index (χ3v) is 4.28. The highest BCUT2D eigenvalue weighted by atomic mass is 16.6. The summed E-state index contributed by atoms with van der Waals surface area (Å²) < 4.78 is 24.2.